The Hall–Kier alpha value is -1.34. The molecule has 1 amide bonds. The third-order valence-electron chi connectivity index (χ3n) is 5.69. The molecule has 1 aliphatic heterocycles. The van der Waals surface area contributed by atoms with Crippen LogP contribution in [0.4, 0.5) is 0 Å². The second-order valence-electron chi connectivity index (χ2n) is 8.12. The smallest absolute Gasteiger partial charge is 0.259 e. The molecule has 1 saturated heterocycles. The Morgan fingerprint density at radius 1 is 1.33 bits per heavy atom. The molecule has 7 heteroatoms. The molecule has 2 aliphatic rings. The lowest BCUT2D eigenvalue weighted by Gasteiger charge is -2.30. The van der Waals surface area contributed by atoms with Crippen molar-refractivity contribution in [1.82, 2.24) is 14.9 Å². The van der Waals surface area contributed by atoms with Crippen molar-refractivity contribution >= 4 is 39.2 Å². The van der Waals surface area contributed by atoms with Crippen LogP contribution in [-0.4, -0.2) is 39.6 Å². The van der Waals surface area contributed by atoms with E-state index in [0.29, 0.717) is 29.2 Å². The summed E-state index contributed by atoms with van der Waals surface area (Å²) in [6.07, 6.45) is 5.50. The normalized spacial score (nSPS) is 22.8. The molecule has 1 N–H and O–H groups in total. The van der Waals surface area contributed by atoms with Gasteiger partial charge in [0, 0.05) is 18.0 Å². The van der Waals surface area contributed by atoms with E-state index in [1.807, 2.05) is 4.90 Å². The monoisotopic (exact) mass is 405 g/mol. The Morgan fingerprint density at radius 3 is 3.00 bits per heavy atom. The van der Waals surface area contributed by atoms with E-state index in [2.05, 4.69) is 18.8 Å². The van der Waals surface area contributed by atoms with E-state index in [9.17, 15) is 9.59 Å². The predicted molar refractivity (Wildman–Crippen MR) is 113 cm³/mol. The number of aryl methyl sites for hydroxylation is 1. The van der Waals surface area contributed by atoms with Crippen molar-refractivity contribution in [3.63, 3.8) is 0 Å². The number of thioether (sulfide) groups is 1. The molecule has 3 heterocycles. The van der Waals surface area contributed by atoms with Crippen LogP contribution in [0, 0.1) is 11.8 Å². The number of nitrogens with zero attached hydrogens (tertiary/aromatic N) is 2. The Labute approximate surface area is 167 Å². The minimum Gasteiger partial charge on any atom is -0.342 e. The first kappa shape index (κ1) is 19.0. The van der Waals surface area contributed by atoms with Gasteiger partial charge in [-0.25, -0.2) is 4.98 Å². The maximum absolute atomic E-state index is 12.6. The fraction of sp³-hybridized carbons (Fsp3) is 0.650. The van der Waals surface area contributed by atoms with Crippen LogP contribution in [0.5, 0.6) is 0 Å². The number of piperidine rings is 1. The molecule has 0 unspecified atom stereocenters. The Morgan fingerprint density at radius 2 is 2.19 bits per heavy atom. The number of rotatable bonds is 4. The van der Waals surface area contributed by atoms with E-state index in [1.54, 1.807) is 23.1 Å². The number of thiophene rings is 1. The maximum atomic E-state index is 12.6. The first-order chi connectivity index (χ1) is 13.0. The van der Waals surface area contributed by atoms with Gasteiger partial charge in [0.1, 0.15) is 10.7 Å². The van der Waals surface area contributed by atoms with E-state index < -0.39 is 0 Å². The van der Waals surface area contributed by atoms with Crippen molar-refractivity contribution in [3.8, 4) is 0 Å². The highest BCUT2D eigenvalue weighted by Crippen LogP contribution is 2.35. The Bertz CT molecular complexity index is 904. The van der Waals surface area contributed by atoms with Crippen molar-refractivity contribution in [2.45, 2.75) is 51.7 Å². The topological polar surface area (TPSA) is 66.1 Å². The molecule has 0 spiro atoms. The molecule has 2 atom stereocenters. The Kier molecular flexibility index (Phi) is 5.60. The summed E-state index contributed by atoms with van der Waals surface area (Å²) in [6, 6.07) is 0. The van der Waals surface area contributed by atoms with Gasteiger partial charge >= 0.3 is 0 Å². The lowest BCUT2D eigenvalue weighted by Crippen LogP contribution is -2.40. The highest BCUT2D eigenvalue weighted by molar-refractivity contribution is 7.99. The van der Waals surface area contributed by atoms with Crippen molar-refractivity contribution in [3.05, 3.63) is 26.6 Å². The molecule has 0 saturated carbocycles. The summed E-state index contributed by atoms with van der Waals surface area (Å²) >= 11 is 3.22. The Balaban J connectivity index is 1.42. The first-order valence-electron chi connectivity index (χ1n) is 9.90. The number of amides is 1. The predicted octanol–water partition coefficient (Wildman–Crippen LogP) is 3.60. The number of H-pyrrole nitrogens is 1. The fourth-order valence-electron chi connectivity index (χ4n) is 4.20. The standard InChI is InChI=1S/C20H27N3O2S2/c1-12-5-6-14-15(8-12)27-20-18(14)19(25)21-16(22-20)10-26-11-17(24)23-7-3-4-13(2)9-23/h12-13H,3-11H2,1-2H3,(H,21,22,25)/t12-,13+/m1/s1. The summed E-state index contributed by atoms with van der Waals surface area (Å²) in [5.74, 6) is 3.19. The van der Waals surface area contributed by atoms with Crippen molar-refractivity contribution in [2.24, 2.45) is 11.8 Å². The molecule has 2 aromatic rings. The summed E-state index contributed by atoms with van der Waals surface area (Å²) < 4.78 is 0. The van der Waals surface area contributed by atoms with Gasteiger partial charge < -0.3 is 9.88 Å². The van der Waals surface area contributed by atoms with Crippen LogP contribution in [0.3, 0.4) is 0 Å². The van der Waals surface area contributed by atoms with Crippen LogP contribution >= 0.6 is 23.1 Å². The molecule has 0 bridgehead atoms. The SMILES string of the molecule is C[C@@H]1CCc2c(sc3nc(CSCC(=O)N4CCC[C@H](C)C4)[nH]c(=O)c23)C1. The van der Waals surface area contributed by atoms with Crippen molar-refractivity contribution < 1.29 is 4.79 Å². The number of nitrogens with one attached hydrogen (secondary N) is 1. The van der Waals surface area contributed by atoms with Crippen LogP contribution < -0.4 is 5.56 Å². The maximum Gasteiger partial charge on any atom is 0.259 e. The van der Waals surface area contributed by atoms with Gasteiger partial charge in [-0.15, -0.1) is 23.1 Å². The summed E-state index contributed by atoms with van der Waals surface area (Å²) in [4.78, 5) is 36.9. The average Bonchev–Trinajstić information content (AvgIpc) is 2.99. The minimum absolute atomic E-state index is 0.0150. The van der Waals surface area contributed by atoms with Crippen LogP contribution in [0.25, 0.3) is 10.2 Å². The summed E-state index contributed by atoms with van der Waals surface area (Å²) in [5.41, 5.74) is 1.20. The van der Waals surface area contributed by atoms with E-state index in [-0.39, 0.29) is 11.5 Å². The van der Waals surface area contributed by atoms with Crippen LogP contribution in [0.1, 0.15) is 49.4 Å². The van der Waals surface area contributed by atoms with Gasteiger partial charge in [-0.1, -0.05) is 13.8 Å². The average molecular weight is 406 g/mol. The molecule has 0 radical (unpaired) electrons. The number of likely N-dealkylation sites (tertiary alicyclic amines) is 1. The van der Waals surface area contributed by atoms with Gasteiger partial charge in [-0.05, 0) is 49.5 Å². The summed E-state index contributed by atoms with van der Waals surface area (Å²) in [7, 11) is 0. The third kappa shape index (κ3) is 4.09. The van der Waals surface area contributed by atoms with Gasteiger partial charge in [-0.3, -0.25) is 9.59 Å². The quantitative estimate of drug-likeness (QED) is 0.844. The number of aromatic amines is 1. The van der Waals surface area contributed by atoms with Gasteiger partial charge in [0.2, 0.25) is 5.91 Å². The second-order valence-corrected chi connectivity index (χ2v) is 10.2. The zero-order valence-electron chi connectivity index (χ0n) is 16.0. The molecule has 1 fully saturated rings. The molecule has 2 aromatic heterocycles. The van der Waals surface area contributed by atoms with Gasteiger partial charge in [-0.2, -0.15) is 0 Å². The zero-order chi connectivity index (χ0) is 19.0. The van der Waals surface area contributed by atoms with E-state index >= 15 is 0 Å². The highest BCUT2D eigenvalue weighted by atomic mass is 32.2. The van der Waals surface area contributed by atoms with E-state index in [0.717, 1.165) is 49.0 Å². The van der Waals surface area contributed by atoms with Gasteiger partial charge in [0.15, 0.2) is 0 Å². The molecule has 27 heavy (non-hydrogen) atoms. The zero-order valence-corrected chi connectivity index (χ0v) is 17.7. The molecule has 4 rings (SSSR count). The number of hydrogen-bond donors (Lipinski definition) is 1. The van der Waals surface area contributed by atoms with Gasteiger partial charge in [0.25, 0.3) is 5.56 Å². The van der Waals surface area contributed by atoms with Crippen LogP contribution in [-0.2, 0) is 23.4 Å². The molecular weight excluding hydrogens is 378 g/mol. The molecular formula is C20H27N3O2S2. The summed E-state index contributed by atoms with van der Waals surface area (Å²) in [6.45, 7) is 6.23. The largest absolute Gasteiger partial charge is 0.342 e. The van der Waals surface area contributed by atoms with Crippen molar-refractivity contribution in [1.29, 1.82) is 0 Å². The second kappa shape index (κ2) is 7.95. The molecule has 146 valence electrons. The van der Waals surface area contributed by atoms with Crippen molar-refractivity contribution in [2.75, 3.05) is 18.8 Å². The van der Waals surface area contributed by atoms with Crippen LogP contribution in [0.15, 0.2) is 4.79 Å². The van der Waals surface area contributed by atoms with Crippen LogP contribution in [0.2, 0.25) is 0 Å². The molecule has 5 nitrogen and oxygen atoms in total. The third-order valence-corrected chi connectivity index (χ3v) is 7.77. The number of carbonyl (C=O) groups excluding carboxylic acids is 1. The highest BCUT2D eigenvalue weighted by Gasteiger charge is 2.23. The minimum atomic E-state index is -0.0150. The number of carbonyl (C=O) groups is 1. The van der Waals surface area contributed by atoms with E-state index in [4.69, 9.17) is 4.98 Å². The number of fused-ring (bicyclic) bond motifs is 3. The first-order valence-corrected chi connectivity index (χ1v) is 11.9. The molecule has 1 aliphatic carbocycles. The van der Waals surface area contributed by atoms with Gasteiger partial charge in [0.05, 0.1) is 16.9 Å². The lowest BCUT2D eigenvalue weighted by atomic mass is 9.89. The lowest BCUT2D eigenvalue weighted by molar-refractivity contribution is -0.130. The molecule has 0 aromatic carbocycles. The van der Waals surface area contributed by atoms with E-state index in [1.165, 1.54) is 16.9 Å². The number of hydrogen-bond acceptors (Lipinski definition) is 5. The summed E-state index contributed by atoms with van der Waals surface area (Å²) in [5, 5.41) is 0.800. The number of aromatic nitrogens is 2. The fourth-order valence-corrected chi connectivity index (χ4v) is 6.40.